The minimum Gasteiger partial charge on any atom is -0.744 e. The van der Waals surface area contributed by atoms with E-state index < -0.39 is 30.0 Å². The summed E-state index contributed by atoms with van der Waals surface area (Å²) in [6.07, 6.45) is 0. The van der Waals surface area contributed by atoms with Gasteiger partial charge in [-0.2, -0.15) is 0 Å². The quantitative estimate of drug-likeness (QED) is 0.537. The Hall–Kier alpha value is -0.441. The molecule has 0 amide bonds. The van der Waals surface area contributed by atoms with E-state index in [1.807, 2.05) is 0 Å². The predicted octanol–water partition coefficient (Wildman–Crippen LogP) is -0.508. The van der Waals surface area contributed by atoms with Gasteiger partial charge in [-0.05, 0) is 18.2 Å². The van der Waals surface area contributed by atoms with Crippen molar-refractivity contribution >= 4 is 20.2 Å². The van der Waals surface area contributed by atoms with Crippen LogP contribution in [-0.4, -0.2) is 25.9 Å². The Morgan fingerprint density at radius 1 is 0.867 bits per heavy atom. The zero-order valence-electron chi connectivity index (χ0n) is 6.88. The molecule has 0 aromatic heterocycles. The molecule has 15 heavy (non-hydrogen) atoms. The molecule has 0 N–H and O–H groups in total. The van der Waals surface area contributed by atoms with Crippen LogP contribution in [-0.2, 0) is 37.3 Å². The summed E-state index contributed by atoms with van der Waals surface area (Å²) in [6.45, 7) is 0. The molecule has 6 nitrogen and oxygen atoms in total. The van der Waals surface area contributed by atoms with Gasteiger partial charge in [-0.1, -0.05) is 6.07 Å². The van der Waals surface area contributed by atoms with Crippen LogP contribution in [0.15, 0.2) is 34.1 Å². The van der Waals surface area contributed by atoms with Crippen molar-refractivity contribution in [3.63, 3.8) is 0 Å². The van der Waals surface area contributed by atoms with Gasteiger partial charge < -0.3 is 9.11 Å². The van der Waals surface area contributed by atoms with Crippen LogP contribution in [0.4, 0.5) is 0 Å². The number of rotatable bonds is 2. The van der Waals surface area contributed by atoms with Crippen LogP contribution in [0.2, 0.25) is 0 Å². The Morgan fingerprint density at radius 3 is 1.47 bits per heavy atom. The summed E-state index contributed by atoms with van der Waals surface area (Å²) in [7, 11) is -9.48. The molecule has 1 radical (unpaired) electrons. The van der Waals surface area contributed by atoms with Crippen LogP contribution >= 0.6 is 0 Å². The third kappa shape index (κ3) is 3.90. The van der Waals surface area contributed by atoms with Gasteiger partial charge in [-0.15, -0.1) is 0 Å². The Kier molecular flexibility index (Phi) is 4.47. The van der Waals surface area contributed by atoms with Crippen molar-refractivity contribution in [2.75, 3.05) is 0 Å². The standard InChI is InChI=1S/C6H6O6S2.Cu/c7-13(8,9)5-2-1-3-6(4-5)14(10,11)12;/h1-4H,(H,7,8,9)(H,10,11,12);/q;+2/p-2. The molecule has 0 bridgehead atoms. The molecular weight excluding hydrogens is 296 g/mol. The van der Waals surface area contributed by atoms with Crippen LogP contribution < -0.4 is 0 Å². The minimum absolute atomic E-state index is 0. The molecule has 0 saturated carbocycles. The minimum atomic E-state index is -4.74. The maximum atomic E-state index is 10.5. The first-order valence-corrected chi connectivity index (χ1v) is 6.05. The largest absolute Gasteiger partial charge is 2.00 e. The summed E-state index contributed by atoms with van der Waals surface area (Å²) < 4.78 is 62.8. The zero-order valence-corrected chi connectivity index (χ0v) is 9.45. The first-order chi connectivity index (χ1) is 6.21. The summed E-state index contributed by atoms with van der Waals surface area (Å²) in [6, 6.07) is 3.37. The molecule has 1 aromatic carbocycles. The number of benzene rings is 1. The second-order valence-electron chi connectivity index (χ2n) is 2.38. The Labute approximate surface area is 97.3 Å². The molecule has 0 aliphatic rings. The zero-order chi connectivity index (χ0) is 11.0. The molecule has 0 aliphatic carbocycles. The van der Waals surface area contributed by atoms with Gasteiger partial charge in [0.15, 0.2) is 0 Å². The molecule has 1 rings (SSSR count). The SMILES string of the molecule is O=S(=O)([O-])c1cccc(S(=O)(=O)[O-])c1.[Cu+2]. The van der Waals surface area contributed by atoms with Crippen molar-refractivity contribution < 1.29 is 43.0 Å². The third-order valence-corrected chi connectivity index (χ3v) is 3.05. The molecule has 0 saturated heterocycles. The van der Waals surface area contributed by atoms with Crippen LogP contribution in [0.1, 0.15) is 0 Å². The van der Waals surface area contributed by atoms with E-state index in [0.29, 0.717) is 6.07 Å². The molecule has 0 aliphatic heterocycles. The maximum Gasteiger partial charge on any atom is 2.00 e. The van der Waals surface area contributed by atoms with Gasteiger partial charge in [0.25, 0.3) is 0 Å². The van der Waals surface area contributed by atoms with E-state index in [-0.39, 0.29) is 17.1 Å². The van der Waals surface area contributed by atoms with E-state index in [0.717, 1.165) is 18.2 Å². The summed E-state index contributed by atoms with van der Waals surface area (Å²) in [5, 5.41) is 0. The van der Waals surface area contributed by atoms with Gasteiger partial charge in [-0.3, -0.25) is 0 Å². The van der Waals surface area contributed by atoms with Crippen LogP contribution in [0.5, 0.6) is 0 Å². The smallest absolute Gasteiger partial charge is 0.744 e. The molecule has 0 fully saturated rings. The summed E-state index contributed by atoms with van der Waals surface area (Å²) >= 11 is 0. The second kappa shape index (κ2) is 4.60. The molecule has 9 heteroatoms. The number of hydrogen-bond acceptors (Lipinski definition) is 6. The Balaban J connectivity index is 0.00000196. The van der Waals surface area contributed by atoms with Gasteiger partial charge in [0.2, 0.25) is 0 Å². The molecule has 0 atom stereocenters. The van der Waals surface area contributed by atoms with Gasteiger partial charge in [-0.25, -0.2) is 16.8 Å². The van der Waals surface area contributed by atoms with Gasteiger partial charge in [0.05, 0.1) is 9.79 Å². The summed E-state index contributed by atoms with van der Waals surface area (Å²) in [4.78, 5) is -1.48. The molecule has 0 heterocycles. The average molecular weight is 300 g/mol. The maximum absolute atomic E-state index is 10.5. The molecule has 87 valence electrons. The van der Waals surface area contributed by atoms with E-state index in [2.05, 4.69) is 0 Å². The fourth-order valence-corrected chi connectivity index (χ4v) is 1.89. The monoisotopic (exact) mass is 299 g/mol. The summed E-state index contributed by atoms with van der Waals surface area (Å²) in [5.41, 5.74) is 0. The van der Waals surface area contributed by atoms with E-state index in [1.165, 1.54) is 0 Å². The average Bonchev–Trinajstić information content (AvgIpc) is 2.01. The van der Waals surface area contributed by atoms with E-state index in [4.69, 9.17) is 0 Å². The fourth-order valence-electron chi connectivity index (χ4n) is 0.785. The molecule has 0 unspecified atom stereocenters. The number of hydrogen-bond donors (Lipinski definition) is 0. The predicted molar refractivity (Wildman–Crippen MR) is 42.4 cm³/mol. The van der Waals surface area contributed by atoms with Gasteiger partial charge in [0.1, 0.15) is 20.2 Å². The van der Waals surface area contributed by atoms with Crippen molar-refractivity contribution in [2.24, 2.45) is 0 Å². The first kappa shape index (κ1) is 14.6. The van der Waals surface area contributed by atoms with Crippen molar-refractivity contribution in [3.05, 3.63) is 24.3 Å². The molecular formula is C6H4CuO6S2. The fraction of sp³-hybridized carbons (Fsp3) is 0. The van der Waals surface area contributed by atoms with Gasteiger partial charge in [0, 0.05) is 0 Å². The van der Waals surface area contributed by atoms with Gasteiger partial charge >= 0.3 is 17.1 Å². The Bertz CT molecular complexity index is 499. The van der Waals surface area contributed by atoms with E-state index >= 15 is 0 Å². The normalized spacial score (nSPS) is 11.9. The molecule has 1 aromatic rings. The van der Waals surface area contributed by atoms with E-state index in [1.54, 1.807) is 0 Å². The van der Waals surface area contributed by atoms with Crippen molar-refractivity contribution in [1.29, 1.82) is 0 Å². The third-order valence-electron chi connectivity index (χ3n) is 1.38. The Morgan fingerprint density at radius 2 is 1.20 bits per heavy atom. The van der Waals surface area contributed by atoms with Crippen LogP contribution in [0, 0.1) is 0 Å². The van der Waals surface area contributed by atoms with Crippen molar-refractivity contribution in [2.45, 2.75) is 9.79 Å². The molecule has 0 spiro atoms. The van der Waals surface area contributed by atoms with Crippen molar-refractivity contribution in [1.82, 2.24) is 0 Å². The second-order valence-corrected chi connectivity index (χ2v) is 5.14. The van der Waals surface area contributed by atoms with Crippen LogP contribution in [0.25, 0.3) is 0 Å². The summed E-state index contributed by atoms with van der Waals surface area (Å²) in [5.74, 6) is 0. The first-order valence-electron chi connectivity index (χ1n) is 3.23. The van der Waals surface area contributed by atoms with Crippen LogP contribution in [0.3, 0.4) is 0 Å². The topological polar surface area (TPSA) is 114 Å². The van der Waals surface area contributed by atoms with Crippen molar-refractivity contribution in [3.8, 4) is 0 Å². The van der Waals surface area contributed by atoms with E-state index in [9.17, 15) is 25.9 Å².